The molecular formula is C18H16F4N2O3. The van der Waals surface area contributed by atoms with Crippen LogP contribution >= 0.6 is 0 Å². The molecule has 9 heteroatoms. The SMILES string of the molecule is CCOC(=O)[C@@](NC(=O)c1ccccc1)(Nc1ccccc1F)C(F)(F)F. The predicted molar refractivity (Wildman–Crippen MR) is 89.3 cm³/mol. The van der Waals surface area contributed by atoms with Crippen LogP contribution in [-0.4, -0.2) is 30.3 Å². The molecule has 0 aromatic heterocycles. The maximum absolute atomic E-state index is 13.9. The summed E-state index contributed by atoms with van der Waals surface area (Å²) in [4.78, 5) is 24.6. The molecule has 0 aliphatic carbocycles. The second-order valence-electron chi connectivity index (χ2n) is 5.39. The summed E-state index contributed by atoms with van der Waals surface area (Å²) in [5, 5.41) is 3.41. The summed E-state index contributed by atoms with van der Waals surface area (Å²) < 4.78 is 60.3. The minimum atomic E-state index is -5.34. The minimum absolute atomic E-state index is 0.120. The van der Waals surface area contributed by atoms with Crippen LogP contribution in [0.5, 0.6) is 0 Å². The first-order valence-corrected chi connectivity index (χ1v) is 7.85. The van der Waals surface area contributed by atoms with Crippen LogP contribution in [0.4, 0.5) is 23.2 Å². The third-order valence-corrected chi connectivity index (χ3v) is 3.54. The largest absolute Gasteiger partial charge is 0.463 e. The Balaban J connectivity index is 2.52. The summed E-state index contributed by atoms with van der Waals surface area (Å²) >= 11 is 0. The lowest BCUT2D eigenvalue weighted by molar-refractivity contribution is -0.204. The van der Waals surface area contributed by atoms with E-state index in [2.05, 4.69) is 4.74 Å². The molecule has 2 rings (SSSR count). The fraction of sp³-hybridized carbons (Fsp3) is 0.222. The van der Waals surface area contributed by atoms with Crippen molar-refractivity contribution in [3.8, 4) is 0 Å². The average Bonchev–Trinajstić information content (AvgIpc) is 2.62. The number of rotatable bonds is 6. The van der Waals surface area contributed by atoms with E-state index in [1.807, 2.05) is 0 Å². The van der Waals surface area contributed by atoms with Gasteiger partial charge in [0.1, 0.15) is 5.82 Å². The Labute approximate surface area is 152 Å². The lowest BCUT2D eigenvalue weighted by Gasteiger charge is -2.35. The van der Waals surface area contributed by atoms with Crippen LogP contribution in [0.25, 0.3) is 0 Å². The summed E-state index contributed by atoms with van der Waals surface area (Å²) in [5.74, 6) is -4.04. The van der Waals surface area contributed by atoms with Crippen molar-refractivity contribution in [3.63, 3.8) is 0 Å². The minimum Gasteiger partial charge on any atom is -0.463 e. The number of anilines is 1. The Morgan fingerprint density at radius 1 is 1.00 bits per heavy atom. The number of amides is 1. The van der Waals surface area contributed by atoms with E-state index in [0.29, 0.717) is 0 Å². The smallest absolute Gasteiger partial charge is 0.441 e. The number of alkyl halides is 3. The number of nitrogens with one attached hydrogen (secondary N) is 2. The molecule has 2 aromatic carbocycles. The van der Waals surface area contributed by atoms with E-state index in [4.69, 9.17) is 0 Å². The molecule has 0 saturated heterocycles. The van der Waals surface area contributed by atoms with Crippen molar-refractivity contribution in [2.75, 3.05) is 11.9 Å². The lowest BCUT2D eigenvalue weighted by Crippen LogP contribution is -2.69. The highest BCUT2D eigenvalue weighted by molar-refractivity contribution is 5.99. The highest BCUT2D eigenvalue weighted by Crippen LogP contribution is 2.34. The zero-order valence-electron chi connectivity index (χ0n) is 14.1. The molecule has 2 N–H and O–H groups in total. The standard InChI is InChI=1S/C18H16F4N2O3/c1-2-27-16(26)17(18(20,21)22,23-14-11-7-6-10-13(14)19)24-15(25)12-8-4-3-5-9-12/h3-11,23H,2H2,1H3,(H,24,25)/t17-/m0/s1. The van der Waals surface area contributed by atoms with Gasteiger partial charge in [-0.3, -0.25) is 4.79 Å². The van der Waals surface area contributed by atoms with Crippen molar-refractivity contribution in [1.29, 1.82) is 0 Å². The fourth-order valence-corrected chi connectivity index (χ4v) is 2.23. The van der Waals surface area contributed by atoms with Crippen LogP contribution in [0.15, 0.2) is 54.6 Å². The molecule has 2 aromatic rings. The van der Waals surface area contributed by atoms with Gasteiger partial charge in [0.05, 0.1) is 12.3 Å². The Kier molecular flexibility index (Phi) is 6.04. The predicted octanol–water partition coefficient (Wildman–Crippen LogP) is 3.49. The fourth-order valence-electron chi connectivity index (χ4n) is 2.23. The number of hydrogen-bond acceptors (Lipinski definition) is 4. The van der Waals surface area contributed by atoms with Gasteiger partial charge in [-0.15, -0.1) is 0 Å². The lowest BCUT2D eigenvalue weighted by atomic mass is 10.1. The second-order valence-corrected chi connectivity index (χ2v) is 5.39. The van der Waals surface area contributed by atoms with Gasteiger partial charge in [0, 0.05) is 5.56 Å². The molecule has 0 unspecified atom stereocenters. The number of benzene rings is 2. The van der Waals surface area contributed by atoms with Crippen molar-refractivity contribution in [2.24, 2.45) is 0 Å². The number of hydrogen-bond donors (Lipinski definition) is 2. The number of carbonyl (C=O) groups excluding carboxylic acids is 2. The van der Waals surface area contributed by atoms with Crippen LogP contribution < -0.4 is 10.6 Å². The molecule has 0 fully saturated rings. The van der Waals surface area contributed by atoms with Crippen LogP contribution in [0.2, 0.25) is 0 Å². The molecule has 1 amide bonds. The third-order valence-electron chi connectivity index (χ3n) is 3.54. The first-order valence-electron chi connectivity index (χ1n) is 7.85. The first kappa shape index (κ1) is 20.2. The third kappa shape index (κ3) is 4.36. The van der Waals surface area contributed by atoms with Gasteiger partial charge in [-0.25, -0.2) is 9.18 Å². The topological polar surface area (TPSA) is 67.4 Å². The van der Waals surface area contributed by atoms with Gasteiger partial charge in [-0.2, -0.15) is 13.2 Å². The highest BCUT2D eigenvalue weighted by atomic mass is 19.4. The quantitative estimate of drug-likeness (QED) is 0.455. The molecule has 0 aliphatic rings. The summed E-state index contributed by atoms with van der Waals surface area (Å²) in [7, 11) is 0. The van der Waals surface area contributed by atoms with Crippen molar-refractivity contribution in [2.45, 2.75) is 18.8 Å². The molecule has 0 bridgehead atoms. The van der Waals surface area contributed by atoms with E-state index in [1.54, 1.807) is 16.7 Å². The number of halogens is 4. The molecular weight excluding hydrogens is 368 g/mol. The summed E-state index contributed by atoms with van der Waals surface area (Å²) in [6.45, 7) is 0.929. The van der Waals surface area contributed by atoms with E-state index in [1.165, 1.54) is 43.3 Å². The van der Waals surface area contributed by atoms with Crippen molar-refractivity contribution < 1.29 is 31.9 Å². The summed E-state index contributed by atoms with van der Waals surface area (Å²) in [5.41, 5.74) is -4.43. The van der Waals surface area contributed by atoms with Gasteiger partial charge in [0.2, 0.25) is 0 Å². The van der Waals surface area contributed by atoms with E-state index < -0.39 is 35.2 Å². The van der Waals surface area contributed by atoms with Crippen molar-refractivity contribution in [3.05, 3.63) is 66.0 Å². The highest BCUT2D eigenvalue weighted by Gasteiger charge is 2.63. The summed E-state index contributed by atoms with van der Waals surface area (Å²) in [6.07, 6.45) is -5.34. The molecule has 0 spiro atoms. The molecule has 144 valence electrons. The van der Waals surface area contributed by atoms with Crippen molar-refractivity contribution in [1.82, 2.24) is 5.32 Å². The second kappa shape index (κ2) is 8.07. The Morgan fingerprint density at radius 2 is 1.59 bits per heavy atom. The van der Waals surface area contributed by atoms with Gasteiger partial charge in [-0.1, -0.05) is 30.3 Å². The van der Waals surface area contributed by atoms with Gasteiger partial charge < -0.3 is 15.4 Å². The monoisotopic (exact) mass is 384 g/mol. The van der Waals surface area contributed by atoms with E-state index in [0.717, 1.165) is 12.1 Å². The van der Waals surface area contributed by atoms with E-state index >= 15 is 0 Å². The van der Waals surface area contributed by atoms with Gasteiger partial charge >= 0.3 is 17.8 Å². The van der Waals surface area contributed by atoms with Crippen molar-refractivity contribution >= 4 is 17.6 Å². The molecule has 27 heavy (non-hydrogen) atoms. The van der Waals surface area contributed by atoms with Gasteiger partial charge in [0.15, 0.2) is 0 Å². The van der Waals surface area contributed by atoms with Crippen LogP contribution in [0.3, 0.4) is 0 Å². The molecule has 0 aliphatic heterocycles. The summed E-state index contributed by atoms with van der Waals surface area (Å²) in [6, 6.07) is 11.4. The van der Waals surface area contributed by atoms with E-state index in [9.17, 15) is 27.2 Å². The van der Waals surface area contributed by atoms with Crippen LogP contribution in [0.1, 0.15) is 17.3 Å². The maximum atomic E-state index is 13.9. The maximum Gasteiger partial charge on any atom is 0.441 e. The Morgan fingerprint density at radius 3 is 2.15 bits per heavy atom. The Bertz CT molecular complexity index is 812. The van der Waals surface area contributed by atoms with Crippen LogP contribution in [-0.2, 0) is 9.53 Å². The zero-order chi connectivity index (χ0) is 20.1. The number of esters is 1. The average molecular weight is 384 g/mol. The zero-order valence-corrected chi connectivity index (χ0v) is 14.1. The van der Waals surface area contributed by atoms with Gasteiger partial charge in [0.25, 0.3) is 5.91 Å². The number of carbonyl (C=O) groups is 2. The molecule has 0 radical (unpaired) electrons. The molecule has 0 heterocycles. The first-order chi connectivity index (χ1) is 12.7. The number of ether oxygens (including phenoxy) is 1. The molecule has 5 nitrogen and oxygen atoms in total. The Hall–Kier alpha value is -3.10. The number of para-hydroxylation sites is 1. The van der Waals surface area contributed by atoms with Crippen LogP contribution in [0, 0.1) is 5.82 Å². The molecule has 1 atom stereocenters. The van der Waals surface area contributed by atoms with E-state index in [-0.39, 0.29) is 12.2 Å². The van der Waals surface area contributed by atoms with Gasteiger partial charge in [-0.05, 0) is 31.2 Å². The molecule has 0 saturated carbocycles. The normalized spacial score (nSPS) is 13.4.